The van der Waals surface area contributed by atoms with Crippen molar-refractivity contribution in [2.45, 2.75) is 71.1 Å². The van der Waals surface area contributed by atoms with E-state index in [2.05, 4.69) is 21.8 Å². The molecule has 0 aromatic carbocycles. The Hall–Kier alpha value is -1.52. The Morgan fingerprint density at radius 3 is 2.70 bits per heavy atom. The lowest BCUT2D eigenvalue weighted by atomic mass is 9.74. The largest absolute Gasteiger partial charge is 0.444 e. The van der Waals surface area contributed by atoms with Gasteiger partial charge < -0.3 is 14.6 Å². The highest BCUT2D eigenvalue weighted by molar-refractivity contribution is 5.67. The van der Waals surface area contributed by atoms with Gasteiger partial charge in [-0.25, -0.2) is 9.78 Å². The molecule has 1 aliphatic carbocycles. The zero-order valence-electron chi connectivity index (χ0n) is 12.9. The summed E-state index contributed by atoms with van der Waals surface area (Å²) in [7, 11) is 0. The number of nitrogens with zero attached hydrogens (tertiary/aromatic N) is 2. The van der Waals surface area contributed by atoms with Crippen LogP contribution in [0, 0.1) is 0 Å². The minimum atomic E-state index is -0.469. The third-order valence-electron chi connectivity index (χ3n) is 3.98. The van der Waals surface area contributed by atoms with Crippen molar-refractivity contribution in [1.82, 2.24) is 14.9 Å². The summed E-state index contributed by atoms with van der Waals surface area (Å²) in [5.74, 6) is 0. The third-order valence-corrected chi connectivity index (χ3v) is 3.98. The van der Waals surface area contributed by atoms with E-state index in [1.165, 1.54) is 19.3 Å². The second-order valence-corrected chi connectivity index (χ2v) is 6.54. The minimum Gasteiger partial charge on any atom is -0.444 e. The first-order chi connectivity index (χ1) is 9.36. The average molecular weight is 279 g/mol. The monoisotopic (exact) mass is 279 g/mol. The molecule has 1 fully saturated rings. The lowest BCUT2D eigenvalue weighted by Crippen LogP contribution is -2.41. The van der Waals surface area contributed by atoms with E-state index in [1.54, 1.807) is 0 Å². The normalized spacial score (nSPS) is 17.4. The van der Waals surface area contributed by atoms with Crippen LogP contribution in [0.4, 0.5) is 4.79 Å². The molecule has 20 heavy (non-hydrogen) atoms. The number of carbonyl (C=O) groups excluding carboxylic acids is 1. The molecule has 1 N–H and O–H groups in total. The molecule has 1 heterocycles. The van der Waals surface area contributed by atoms with Gasteiger partial charge in [-0.3, -0.25) is 0 Å². The summed E-state index contributed by atoms with van der Waals surface area (Å²) in [4.78, 5) is 15.9. The van der Waals surface area contributed by atoms with Crippen molar-refractivity contribution in [3.8, 4) is 0 Å². The van der Waals surface area contributed by atoms with E-state index >= 15 is 0 Å². The smallest absolute Gasteiger partial charge is 0.407 e. The standard InChI is InChI=1S/C15H25N3O2/c1-5-15(7-6-8-15)18-11-16-9-12(18)10-17-13(19)20-14(2,3)4/h9,11H,5-8,10H2,1-4H3,(H,17,19). The van der Waals surface area contributed by atoms with E-state index in [0.29, 0.717) is 6.54 Å². The molecular weight excluding hydrogens is 254 g/mol. The summed E-state index contributed by atoms with van der Waals surface area (Å²) >= 11 is 0. The molecule has 0 atom stereocenters. The van der Waals surface area contributed by atoms with Crippen LogP contribution in [0.3, 0.4) is 0 Å². The van der Waals surface area contributed by atoms with Gasteiger partial charge >= 0.3 is 6.09 Å². The van der Waals surface area contributed by atoms with Crippen LogP contribution in [0.5, 0.6) is 0 Å². The quantitative estimate of drug-likeness (QED) is 0.920. The maximum Gasteiger partial charge on any atom is 0.407 e. The van der Waals surface area contributed by atoms with Gasteiger partial charge in [0, 0.05) is 11.7 Å². The Kier molecular flexibility index (Phi) is 4.06. The van der Waals surface area contributed by atoms with Crippen LogP contribution < -0.4 is 5.32 Å². The fraction of sp³-hybridized carbons (Fsp3) is 0.733. The minimum absolute atomic E-state index is 0.210. The van der Waals surface area contributed by atoms with Gasteiger partial charge in [-0.15, -0.1) is 0 Å². The van der Waals surface area contributed by atoms with Crippen LogP contribution >= 0.6 is 0 Å². The van der Waals surface area contributed by atoms with Gasteiger partial charge in [0.25, 0.3) is 0 Å². The number of amides is 1. The Labute approximate surface area is 120 Å². The molecule has 1 aliphatic rings. The van der Waals surface area contributed by atoms with Gasteiger partial charge in [0.2, 0.25) is 0 Å². The van der Waals surface area contributed by atoms with Crippen LogP contribution in [0.25, 0.3) is 0 Å². The van der Waals surface area contributed by atoms with Crippen molar-refractivity contribution in [1.29, 1.82) is 0 Å². The van der Waals surface area contributed by atoms with Crippen LogP contribution in [-0.2, 0) is 16.8 Å². The van der Waals surface area contributed by atoms with Crippen molar-refractivity contribution in [3.05, 3.63) is 18.2 Å². The van der Waals surface area contributed by atoms with Gasteiger partial charge in [0.15, 0.2) is 0 Å². The number of hydrogen-bond donors (Lipinski definition) is 1. The van der Waals surface area contributed by atoms with E-state index in [-0.39, 0.29) is 11.6 Å². The molecule has 1 saturated carbocycles. The molecule has 0 radical (unpaired) electrons. The van der Waals surface area contributed by atoms with Crippen LogP contribution in [0.2, 0.25) is 0 Å². The lowest BCUT2D eigenvalue weighted by Gasteiger charge is -2.43. The number of ether oxygens (including phenoxy) is 1. The Balaban J connectivity index is 1.98. The Bertz CT molecular complexity index is 464. The van der Waals surface area contributed by atoms with Gasteiger partial charge in [-0.2, -0.15) is 0 Å². The first kappa shape index (κ1) is 14.9. The zero-order valence-corrected chi connectivity index (χ0v) is 12.9. The highest BCUT2D eigenvalue weighted by Crippen LogP contribution is 2.42. The number of alkyl carbamates (subject to hydrolysis) is 1. The second kappa shape index (κ2) is 5.46. The number of aromatic nitrogens is 2. The van der Waals surface area contributed by atoms with Gasteiger partial charge in [0.1, 0.15) is 5.60 Å². The molecule has 0 spiro atoms. The SMILES string of the molecule is CCC1(n2cncc2CNC(=O)OC(C)(C)C)CCC1. The summed E-state index contributed by atoms with van der Waals surface area (Å²) in [6.45, 7) is 8.24. The maximum atomic E-state index is 11.7. The van der Waals surface area contributed by atoms with Crippen LogP contribution in [0.1, 0.15) is 59.1 Å². The molecule has 0 unspecified atom stereocenters. The van der Waals surface area contributed by atoms with E-state index in [0.717, 1.165) is 12.1 Å². The van der Waals surface area contributed by atoms with Crippen LogP contribution in [0.15, 0.2) is 12.5 Å². The lowest BCUT2D eigenvalue weighted by molar-refractivity contribution is 0.0519. The van der Waals surface area contributed by atoms with Gasteiger partial charge in [-0.05, 0) is 46.5 Å². The zero-order chi connectivity index (χ0) is 14.8. The second-order valence-electron chi connectivity index (χ2n) is 6.54. The average Bonchev–Trinajstić information content (AvgIpc) is 2.72. The van der Waals surface area contributed by atoms with Gasteiger partial charge in [-0.1, -0.05) is 6.92 Å². The van der Waals surface area contributed by atoms with Crippen molar-refractivity contribution in [3.63, 3.8) is 0 Å². The summed E-state index contributed by atoms with van der Waals surface area (Å²) < 4.78 is 7.48. The van der Waals surface area contributed by atoms with E-state index < -0.39 is 5.60 Å². The third kappa shape index (κ3) is 3.14. The maximum absolute atomic E-state index is 11.7. The predicted octanol–water partition coefficient (Wildman–Crippen LogP) is 3.20. The molecule has 5 nitrogen and oxygen atoms in total. The van der Waals surface area contributed by atoms with Crippen molar-refractivity contribution in [2.75, 3.05) is 0 Å². The molecular formula is C15H25N3O2. The summed E-state index contributed by atoms with van der Waals surface area (Å²) in [5.41, 5.74) is 0.780. The number of imidazole rings is 1. The molecule has 1 aromatic rings. The number of rotatable bonds is 4. The molecule has 0 bridgehead atoms. The topological polar surface area (TPSA) is 56.2 Å². The highest BCUT2D eigenvalue weighted by Gasteiger charge is 2.37. The van der Waals surface area contributed by atoms with Gasteiger partial charge in [0.05, 0.1) is 18.6 Å². The number of carbonyl (C=O) groups is 1. The molecule has 5 heteroatoms. The fourth-order valence-electron chi connectivity index (χ4n) is 2.71. The molecule has 112 valence electrons. The van der Waals surface area contributed by atoms with E-state index in [1.807, 2.05) is 33.3 Å². The van der Waals surface area contributed by atoms with Crippen LogP contribution in [-0.4, -0.2) is 21.2 Å². The fourth-order valence-corrected chi connectivity index (χ4v) is 2.71. The van der Waals surface area contributed by atoms with Crippen molar-refractivity contribution < 1.29 is 9.53 Å². The first-order valence-corrected chi connectivity index (χ1v) is 7.35. The molecule has 2 rings (SSSR count). The molecule has 0 saturated heterocycles. The summed E-state index contributed by atoms with van der Waals surface area (Å²) in [5, 5.41) is 2.80. The number of nitrogens with one attached hydrogen (secondary N) is 1. The van der Waals surface area contributed by atoms with E-state index in [4.69, 9.17) is 4.74 Å². The van der Waals surface area contributed by atoms with E-state index in [9.17, 15) is 4.79 Å². The summed E-state index contributed by atoms with van der Waals surface area (Å²) in [6.07, 6.45) is 8.08. The Morgan fingerprint density at radius 2 is 2.20 bits per heavy atom. The Morgan fingerprint density at radius 1 is 1.50 bits per heavy atom. The number of hydrogen-bond acceptors (Lipinski definition) is 3. The highest BCUT2D eigenvalue weighted by atomic mass is 16.6. The molecule has 0 aliphatic heterocycles. The first-order valence-electron chi connectivity index (χ1n) is 7.35. The molecule has 1 amide bonds. The van der Waals surface area contributed by atoms with Crippen molar-refractivity contribution >= 4 is 6.09 Å². The van der Waals surface area contributed by atoms with Crippen molar-refractivity contribution in [2.24, 2.45) is 0 Å². The molecule has 1 aromatic heterocycles. The predicted molar refractivity (Wildman–Crippen MR) is 77.4 cm³/mol. The summed E-state index contributed by atoms with van der Waals surface area (Å²) in [6, 6.07) is 0.